The van der Waals surface area contributed by atoms with Gasteiger partial charge in [0.25, 0.3) is 0 Å². The monoisotopic (exact) mass is 404 g/mol. The summed E-state index contributed by atoms with van der Waals surface area (Å²) < 4.78 is 28.8. The smallest absolute Gasteiger partial charge is 0.248 e. The summed E-state index contributed by atoms with van der Waals surface area (Å²) >= 11 is 0. The fourth-order valence-electron chi connectivity index (χ4n) is 4.29. The topological polar surface area (TPSA) is 43.6 Å². The van der Waals surface area contributed by atoms with E-state index in [1.165, 1.54) is 0 Å². The van der Waals surface area contributed by atoms with Crippen molar-refractivity contribution in [3.63, 3.8) is 0 Å². The molecule has 1 atom stereocenters. The average Bonchev–Trinajstić information content (AvgIpc) is 3.33. The Labute approximate surface area is 173 Å². The molecule has 4 aromatic rings. The number of hydrogen-bond acceptors (Lipinski definition) is 3. The van der Waals surface area contributed by atoms with Crippen LogP contribution in [0, 0.1) is 12.8 Å². The quantitative estimate of drug-likeness (QED) is 0.425. The third kappa shape index (κ3) is 3.70. The molecule has 1 aliphatic carbocycles. The Morgan fingerprint density at radius 3 is 2.87 bits per heavy atom. The summed E-state index contributed by atoms with van der Waals surface area (Å²) in [5.41, 5.74) is 5.61. The maximum Gasteiger partial charge on any atom is 0.248 e. The molecule has 30 heavy (non-hydrogen) atoms. The lowest BCUT2D eigenvalue weighted by molar-refractivity contribution is 0.00423. The number of halogens is 2. The van der Waals surface area contributed by atoms with Gasteiger partial charge in [-0.05, 0) is 37.5 Å². The molecule has 1 fully saturated rings. The summed E-state index contributed by atoms with van der Waals surface area (Å²) in [7, 11) is 0. The van der Waals surface area contributed by atoms with Crippen LogP contribution in [0.15, 0.2) is 61.1 Å². The molecule has 5 rings (SSSR count). The van der Waals surface area contributed by atoms with Crippen molar-refractivity contribution >= 4 is 10.9 Å². The number of aromatic nitrogens is 4. The summed E-state index contributed by atoms with van der Waals surface area (Å²) in [6.07, 6.45) is 5.99. The lowest BCUT2D eigenvalue weighted by Crippen LogP contribution is -2.13. The van der Waals surface area contributed by atoms with E-state index >= 15 is 0 Å². The molecule has 4 nitrogen and oxygen atoms in total. The third-order valence-electron chi connectivity index (χ3n) is 5.81. The van der Waals surface area contributed by atoms with Crippen molar-refractivity contribution in [2.24, 2.45) is 5.92 Å². The van der Waals surface area contributed by atoms with E-state index < -0.39 is 5.92 Å². The number of fused-ring (bicyclic) bond motifs is 1. The fourth-order valence-corrected chi connectivity index (χ4v) is 4.29. The van der Waals surface area contributed by atoms with Crippen LogP contribution in [-0.2, 0) is 6.54 Å². The Kier molecular flexibility index (Phi) is 4.57. The van der Waals surface area contributed by atoms with Crippen molar-refractivity contribution < 1.29 is 8.78 Å². The number of hydrogen-bond donors (Lipinski definition) is 0. The van der Waals surface area contributed by atoms with Gasteiger partial charge in [-0.2, -0.15) is 5.10 Å². The van der Waals surface area contributed by atoms with Gasteiger partial charge in [-0.25, -0.2) is 8.78 Å². The standard InChI is InChI=1S/C24H22F2N4/c1-16-4-7-21(20-13-28-30(15-20)14-17-8-9-24(25,26)12-17)23(29-16)19-6-5-18-3-2-10-27-22(18)11-19/h2-7,10-11,13,15,17H,8-9,12,14H2,1H3. The van der Waals surface area contributed by atoms with Crippen LogP contribution in [0.3, 0.4) is 0 Å². The van der Waals surface area contributed by atoms with Crippen LogP contribution < -0.4 is 0 Å². The van der Waals surface area contributed by atoms with Crippen LogP contribution in [0.1, 0.15) is 25.0 Å². The molecule has 3 heterocycles. The lowest BCUT2D eigenvalue weighted by atomic mass is 10.00. The molecule has 0 radical (unpaired) electrons. The highest BCUT2D eigenvalue weighted by atomic mass is 19.3. The second-order valence-electron chi connectivity index (χ2n) is 8.18. The molecule has 0 bridgehead atoms. The van der Waals surface area contributed by atoms with Crippen LogP contribution in [0.5, 0.6) is 0 Å². The second kappa shape index (κ2) is 7.27. The summed E-state index contributed by atoms with van der Waals surface area (Å²) in [6, 6.07) is 14.1. The zero-order valence-corrected chi connectivity index (χ0v) is 16.7. The van der Waals surface area contributed by atoms with Crippen LogP contribution >= 0.6 is 0 Å². The van der Waals surface area contributed by atoms with Gasteiger partial charge < -0.3 is 0 Å². The summed E-state index contributed by atoms with van der Waals surface area (Å²) in [4.78, 5) is 9.25. The maximum absolute atomic E-state index is 13.5. The first-order valence-electron chi connectivity index (χ1n) is 10.2. The van der Waals surface area contributed by atoms with Crippen molar-refractivity contribution in [1.82, 2.24) is 19.7 Å². The number of rotatable bonds is 4. The van der Waals surface area contributed by atoms with Gasteiger partial charge in [0, 0.05) is 59.6 Å². The molecule has 6 heteroatoms. The molecular formula is C24H22F2N4. The highest BCUT2D eigenvalue weighted by Crippen LogP contribution is 2.39. The SMILES string of the molecule is Cc1ccc(-c2cnn(CC3CCC(F)(F)C3)c2)c(-c2ccc3cccnc3c2)n1. The second-order valence-corrected chi connectivity index (χ2v) is 8.18. The molecule has 3 aromatic heterocycles. The van der Waals surface area contributed by atoms with E-state index in [-0.39, 0.29) is 18.8 Å². The van der Waals surface area contributed by atoms with Gasteiger partial charge in [-0.15, -0.1) is 0 Å². The molecule has 1 aromatic carbocycles. The van der Waals surface area contributed by atoms with Crippen molar-refractivity contribution in [2.45, 2.75) is 38.7 Å². The minimum absolute atomic E-state index is 0.0200. The third-order valence-corrected chi connectivity index (χ3v) is 5.81. The first-order chi connectivity index (χ1) is 14.5. The fraction of sp³-hybridized carbons (Fsp3) is 0.292. The van der Waals surface area contributed by atoms with E-state index in [0.717, 1.165) is 39.0 Å². The normalized spacial score (nSPS) is 18.2. The molecular weight excluding hydrogens is 382 g/mol. The molecule has 0 saturated heterocycles. The first kappa shape index (κ1) is 18.9. The number of benzene rings is 1. The molecule has 0 amide bonds. The molecule has 1 unspecified atom stereocenters. The van der Waals surface area contributed by atoms with E-state index in [1.807, 2.05) is 43.5 Å². The van der Waals surface area contributed by atoms with Gasteiger partial charge in [0.15, 0.2) is 0 Å². The van der Waals surface area contributed by atoms with Crippen LogP contribution in [0.25, 0.3) is 33.3 Å². The highest BCUT2D eigenvalue weighted by Gasteiger charge is 2.39. The molecule has 0 spiro atoms. The zero-order chi connectivity index (χ0) is 20.7. The lowest BCUT2D eigenvalue weighted by Gasteiger charge is -2.11. The Morgan fingerprint density at radius 2 is 2.03 bits per heavy atom. The van der Waals surface area contributed by atoms with E-state index in [2.05, 4.69) is 22.2 Å². The minimum Gasteiger partial charge on any atom is -0.272 e. The van der Waals surface area contributed by atoms with E-state index in [1.54, 1.807) is 17.1 Å². The molecule has 1 aliphatic rings. The Hall–Kier alpha value is -3.15. The zero-order valence-electron chi connectivity index (χ0n) is 16.7. The van der Waals surface area contributed by atoms with Crippen LogP contribution in [-0.4, -0.2) is 25.7 Å². The number of aryl methyl sites for hydroxylation is 1. The van der Waals surface area contributed by atoms with Crippen molar-refractivity contribution in [3.8, 4) is 22.4 Å². The van der Waals surface area contributed by atoms with E-state index in [4.69, 9.17) is 4.98 Å². The number of pyridine rings is 2. The van der Waals surface area contributed by atoms with Gasteiger partial charge in [0.2, 0.25) is 5.92 Å². The van der Waals surface area contributed by atoms with E-state index in [9.17, 15) is 8.78 Å². The summed E-state index contributed by atoms with van der Waals surface area (Å²) in [5.74, 6) is -2.56. The molecule has 0 N–H and O–H groups in total. The van der Waals surface area contributed by atoms with Gasteiger partial charge in [-0.1, -0.05) is 24.3 Å². The van der Waals surface area contributed by atoms with Gasteiger partial charge in [-0.3, -0.25) is 14.6 Å². The van der Waals surface area contributed by atoms with Gasteiger partial charge in [0.05, 0.1) is 17.4 Å². The first-order valence-corrected chi connectivity index (χ1v) is 10.2. The van der Waals surface area contributed by atoms with Crippen molar-refractivity contribution in [2.75, 3.05) is 0 Å². The van der Waals surface area contributed by atoms with Crippen molar-refractivity contribution in [3.05, 3.63) is 66.7 Å². The molecule has 152 valence electrons. The van der Waals surface area contributed by atoms with Crippen molar-refractivity contribution in [1.29, 1.82) is 0 Å². The average molecular weight is 404 g/mol. The van der Waals surface area contributed by atoms with Crippen LogP contribution in [0.2, 0.25) is 0 Å². The number of alkyl halides is 2. The highest BCUT2D eigenvalue weighted by molar-refractivity contribution is 5.87. The Bertz CT molecular complexity index is 1210. The Morgan fingerprint density at radius 1 is 1.13 bits per heavy atom. The maximum atomic E-state index is 13.5. The predicted molar refractivity (Wildman–Crippen MR) is 113 cm³/mol. The molecule has 0 aliphatic heterocycles. The Balaban J connectivity index is 1.49. The predicted octanol–water partition coefficient (Wildman–Crippen LogP) is 5.90. The summed E-state index contributed by atoms with van der Waals surface area (Å²) in [5, 5.41) is 5.52. The number of nitrogens with zero attached hydrogens (tertiary/aromatic N) is 4. The minimum atomic E-state index is -2.53. The molecule has 1 saturated carbocycles. The summed E-state index contributed by atoms with van der Waals surface area (Å²) in [6.45, 7) is 2.49. The van der Waals surface area contributed by atoms with Gasteiger partial charge in [0.1, 0.15) is 0 Å². The van der Waals surface area contributed by atoms with E-state index in [0.29, 0.717) is 13.0 Å². The largest absolute Gasteiger partial charge is 0.272 e. The van der Waals surface area contributed by atoms with Crippen LogP contribution in [0.4, 0.5) is 8.78 Å². The van der Waals surface area contributed by atoms with Gasteiger partial charge >= 0.3 is 0 Å².